The first-order valence-corrected chi connectivity index (χ1v) is 7.67. The maximum atomic E-state index is 11.7. The number of furan rings is 1. The number of fused-ring (bicyclic) bond motifs is 1. The predicted molar refractivity (Wildman–Crippen MR) is 85.1 cm³/mol. The Hall–Kier alpha value is -2.07. The van der Waals surface area contributed by atoms with Gasteiger partial charge >= 0.3 is 0 Å². The maximum absolute atomic E-state index is 11.7. The van der Waals surface area contributed by atoms with Crippen LogP contribution in [-0.4, -0.2) is 11.1 Å². The Labute approximate surface area is 130 Å². The van der Waals surface area contributed by atoms with E-state index in [9.17, 15) is 4.79 Å². The fraction of sp³-hybridized carbons (Fsp3) is 0.118. The van der Waals surface area contributed by atoms with Crippen molar-refractivity contribution in [3.63, 3.8) is 0 Å². The zero-order chi connectivity index (χ0) is 14.7. The smallest absolute Gasteiger partial charge is 0.177 e. The van der Waals surface area contributed by atoms with E-state index in [1.165, 1.54) is 6.26 Å². The van der Waals surface area contributed by atoms with Crippen LogP contribution in [0.2, 0.25) is 0 Å². The first-order valence-electron chi connectivity index (χ1n) is 6.55. The van der Waals surface area contributed by atoms with Gasteiger partial charge in [-0.3, -0.25) is 4.79 Å². The van der Waals surface area contributed by atoms with Gasteiger partial charge in [-0.05, 0) is 17.7 Å². The third-order valence-electron chi connectivity index (χ3n) is 3.22. The Morgan fingerprint density at radius 2 is 1.95 bits per heavy atom. The van der Waals surface area contributed by atoms with Crippen molar-refractivity contribution in [3.8, 4) is 5.75 Å². The molecule has 1 heterocycles. The molecule has 21 heavy (non-hydrogen) atoms. The van der Waals surface area contributed by atoms with E-state index in [0.717, 1.165) is 16.7 Å². The molecule has 0 aliphatic rings. The molecule has 2 aromatic carbocycles. The number of alkyl halides is 1. The first-order chi connectivity index (χ1) is 10.3. The minimum atomic E-state index is 0.00621. The topological polar surface area (TPSA) is 39.4 Å². The lowest BCUT2D eigenvalue weighted by molar-refractivity contribution is 0.102. The molecule has 0 aliphatic heterocycles. The van der Waals surface area contributed by atoms with E-state index in [-0.39, 0.29) is 11.1 Å². The highest BCUT2D eigenvalue weighted by Crippen LogP contribution is 2.26. The molecule has 0 spiro atoms. The van der Waals surface area contributed by atoms with E-state index in [1.54, 1.807) is 0 Å². The molecule has 3 aromatic rings. The van der Waals surface area contributed by atoms with Crippen LogP contribution in [0.5, 0.6) is 5.75 Å². The molecule has 106 valence electrons. The molecular weight excluding hydrogens is 332 g/mol. The highest BCUT2D eigenvalue weighted by molar-refractivity contribution is 9.09. The van der Waals surface area contributed by atoms with Crippen LogP contribution in [0.1, 0.15) is 15.9 Å². The number of Topliss-reactive ketones (excluding diaryl/α,β-unsaturated/α-hetero) is 1. The fourth-order valence-electron chi connectivity index (χ4n) is 2.13. The average Bonchev–Trinajstić information content (AvgIpc) is 2.96. The Kier molecular flexibility index (Phi) is 4.06. The number of halogens is 1. The van der Waals surface area contributed by atoms with Gasteiger partial charge in [-0.25, -0.2) is 0 Å². The molecule has 0 N–H and O–H groups in total. The summed E-state index contributed by atoms with van der Waals surface area (Å²) in [6, 6.07) is 15.5. The second kappa shape index (κ2) is 6.14. The summed E-state index contributed by atoms with van der Waals surface area (Å²) in [4.78, 5) is 11.7. The quantitative estimate of drug-likeness (QED) is 0.502. The first kappa shape index (κ1) is 13.9. The molecule has 4 heteroatoms. The van der Waals surface area contributed by atoms with Crippen molar-refractivity contribution in [2.75, 3.05) is 5.33 Å². The van der Waals surface area contributed by atoms with Gasteiger partial charge < -0.3 is 9.15 Å². The minimum Gasteiger partial charge on any atom is -0.489 e. The summed E-state index contributed by atoms with van der Waals surface area (Å²) >= 11 is 3.17. The fourth-order valence-corrected chi connectivity index (χ4v) is 2.43. The number of carbonyl (C=O) groups excluding carboxylic acids is 1. The molecule has 1 aromatic heterocycles. The summed E-state index contributed by atoms with van der Waals surface area (Å²) in [5.74, 6) is 0.727. The summed E-state index contributed by atoms with van der Waals surface area (Å²) in [7, 11) is 0. The van der Waals surface area contributed by atoms with E-state index >= 15 is 0 Å². The number of benzene rings is 2. The van der Waals surface area contributed by atoms with Crippen LogP contribution in [0.15, 0.2) is 59.2 Å². The van der Waals surface area contributed by atoms with E-state index in [4.69, 9.17) is 9.15 Å². The van der Waals surface area contributed by atoms with Crippen LogP contribution in [0.3, 0.4) is 0 Å². The van der Waals surface area contributed by atoms with Gasteiger partial charge in [0.05, 0.1) is 10.9 Å². The van der Waals surface area contributed by atoms with Crippen molar-refractivity contribution in [2.24, 2.45) is 0 Å². The maximum Gasteiger partial charge on any atom is 0.177 e. The highest BCUT2D eigenvalue weighted by Gasteiger charge is 2.13. The summed E-state index contributed by atoms with van der Waals surface area (Å²) in [6.07, 6.45) is 1.50. The third kappa shape index (κ3) is 3.00. The molecule has 0 saturated carbocycles. The number of hydrogen-bond donors (Lipinski definition) is 0. The van der Waals surface area contributed by atoms with Crippen molar-refractivity contribution in [2.45, 2.75) is 6.61 Å². The molecule has 3 nitrogen and oxygen atoms in total. The van der Waals surface area contributed by atoms with Gasteiger partial charge in [0, 0.05) is 11.5 Å². The molecule has 0 aliphatic carbocycles. The number of ether oxygens (including phenoxy) is 1. The van der Waals surface area contributed by atoms with Crippen LogP contribution in [0.4, 0.5) is 0 Å². The van der Waals surface area contributed by atoms with Crippen molar-refractivity contribution in [1.29, 1.82) is 0 Å². The van der Waals surface area contributed by atoms with Crippen LogP contribution in [0.25, 0.3) is 11.0 Å². The van der Waals surface area contributed by atoms with Crippen molar-refractivity contribution in [1.82, 2.24) is 0 Å². The second-order valence-electron chi connectivity index (χ2n) is 4.64. The molecule has 0 fully saturated rings. The monoisotopic (exact) mass is 344 g/mol. The van der Waals surface area contributed by atoms with E-state index in [0.29, 0.717) is 17.8 Å². The molecule has 0 radical (unpaired) electrons. The van der Waals surface area contributed by atoms with Gasteiger partial charge in [-0.1, -0.05) is 46.3 Å². The SMILES string of the molecule is O=C(CBr)c1coc2cc(OCc3ccccc3)ccc12. The Bertz CT molecular complexity index is 762. The van der Waals surface area contributed by atoms with Gasteiger partial charge in [-0.15, -0.1) is 0 Å². The summed E-state index contributed by atoms with van der Waals surface area (Å²) in [6.45, 7) is 0.500. The second-order valence-corrected chi connectivity index (χ2v) is 5.20. The van der Waals surface area contributed by atoms with Gasteiger partial charge in [0.25, 0.3) is 0 Å². The zero-order valence-corrected chi connectivity index (χ0v) is 12.8. The van der Waals surface area contributed by atoms with Gasteiger partial charge in [0.2, 0.25) is 0 Å². The third-order valence-corrected chi connectivity index (χ3v) is 3.73. The molecule has 0 bridgehead atoms. The van der Waals surface area contributed by atoms with E-state index < -0.39 is 0 Å². The number of carbonyl (C=O) groups is 1. The van der Waals surface area contributed by atoms with E-state index in [2.05, 4.69) is 15.9 Å². The molecule has 0 saturated heterocycles. The largest absolute Gasteiger partial charge is 0.489 e. The molecular formula is C17H13BrO3. The molecule has 0 amide bonds. The zero-order valence-electron chi connectivity index (χ0n) is 11.2. The Morgan fingerprint density at radius 3 is 2.71 bits per heavy atom. The summed E-state index contributed by atoms with van der Waals surface area (Å²) in [5.41, 5.74) is 2.36. The number of rotatable bonds is 5. The van der Waals surface area contributed by atoms with Crippen molar-refractivity contribution >= 4 is 32.7 Å². The van der Waals surface area contributed by atoms with Crippen LogP contribution >= 0.6 is 15.9 Å². The lowest BCUT2D eigenvalue weighted by Gasteiger charge is -2.06. The highest BCUT2D eigenvalue weighted by atomic mass is 79.9. The van der Waals surface area contributed by atoms with Crippen LogP contribution in [0, 0.1) is 0 Å². The lowest BCUT2D eigenvalue weighted by Crippen LogP contribution is -1.98. The van der Waals surface area contributed by atoms with Crippen molar-refractivity contribution in [3.05, 3.63) is 65.9 Å². The van der Waals surface area contributed by atoms with Crippen molar-refractivity contribution < 1.29 is 13.9 Å². The minimum absolute atomic E-state index is 0.00621. The average molecular weight is 345 g/mol. The number of hydrogen-bond acceptors (Lipinski definition) is 3. The summed E-state index contributed by atoms with van der Waals surface area (Å²) < 4.78 is 11.2. The lowest BCUT2D eigenvalue weighted by atomic mass is 10.1. The Balaban J connectivity index is 1.80. The van der Waals surface area contributed by atoms with Crippen LogP contribution < -0.4 is 4.74 Å². The number of ketones is 1. The standard InChI is InChI=1S/C17H13BrO3/c18-9-16(19)15-11-21-17-8-13(6-7-14(15)17)20-10-12-4-2-1-3-5-12/h1-8,11H,9-10H2. The molecule has 0 atom stereocenters. The Morgan fingerprint density at radius 1 is 1.14 bits per heavy atom. The summed E-state index contributed by atoms with van der Waals surface area (Å²) in [5, 5.41) is 1.10. The van der Waals surface area contributed by atoms with Gasteiger partial charge in [0.1, 0.15) is 24.2 Å². The van der Waals surface area contributed by atoms with Gasteiger partial charge in [-0.2, -0.15) is 0 Å². The molecule has 0 unspecified atom stereocenters. The molecule has 3 rings (SSSR count). The predicted octanol–water partition coefficient (Wildman–Crippen LogP) is 4.59. The van der Waals surface area contributed by atoms with Crippen LogP contribution in [-0.2, 0) is 6.61 Å². The normalized spacial score (nSPS) is 10.7. The van der Waals surface area contributed by atoms with Gasteiger partial charge in [0.15, 0.2) is 5.78 Å². The van der Waals surface area contributed by atoms with E-state index in [1.807, 2.05) is 48.5 Å².